The van der Waals surface area contributed by atoms with E-state index in [-0.39, 0.29) is 0 Å². The van der Waals surface area contributed by atoms with Crippen molar-refractivity contribution in [1.82, 2.24) is 4.98 Å². The second-order valence-corrected chi connectivity index (χ2v) is 6.82. The minimum atomic E-state index is 0.745. The van der Waals surface area contributed by atoms with Crippen LogP contribution < -0.4 is 5.32 Å². The molecule has 0 saturated heterocycles. The van der Waals surface area contributed by atoms with Crippen molar-refractivity contribution in [2.24, 2.45) is 0 Å². The monoisotopic (exact) mass is 400 g/mol. The molecule has 0 unspecified atom stereocenters. The number of aromatic nitrogens is 1. The van der Waals surface area contributed by atoms with Crippen molar-refractivity contribution in [3.63, 3.8) is 0 Å². The molecule has 0 spiro atoms. The van der Waals surface area contributed by atoms with E-state index in [1.54, 1.807) is 11.3 Å². The fourth-order valence-electron chi connectivity index (χ4n) is 1.85. The molecule has 1 heterocycles. The molecular weight excluding hydrogens is 391 g/mol. The van der Waals surface area contributed by atoms with Gasteiger partial charge in [0.25, 0.3) is 0 Å². The Bertz CT molecular complexity index is 754. The summed E-state index contributed by atoms with van der Waals surface area (Å²) in [5.74, 6) is 0. The smallest absolute Gasteiger partial charge is 0.188 e. The topological polar surface area (TPSA) is 24.9 Å². The summed E-state index contributed by atoms with van der Waals surface area (Å²) in [5.41, 5.74) is 3.30. The van der Waals surface area contributed by atoms with Crippen molar-refractivity contribution in [3.8, 4) is 0 Å². The van der Waals surface area contributed by atoms with Crippen LogP contribution in [0.25, 0.3) is 10.2 Å². The first-order chi connectivity index (χ1) is 9.13. The molecule has 19 heavy (non-hydrogen) atoms. The van der Waals surface area contributed by atoms with Crippen molar-refractivity contribution in [1.29, 1.82) is 0 Å². The Kier molecular flexibility index (Phi) is 3.64. The summed E-state index contributed by atoms with van der Waals surface area (Å²) in [6.07, 6.45) is 0. The SMILES string of the molecule is Cc1cccc2sc(Nc3ccc(Cl)cc3I)nc12. The van der Waals surface area contributed by atoms with Crippen molar-refractivity contribution in [2.45, 2.75) is 6.92 Å². The van der Waals surface area contributed by atoms with Crippen LogP contribution in [-0.4, -0.2) is 4.98 Å². The summed E-state index contributed by atoms with van der Waals surface area (Å²) in [5, 5.41) is 5.01. The van der Waals surface area contributed by atoms with Gasteiger partial charge >= 0.3 is 0 Å². The van der Waals surface area contributed by atoms with E-state index < -0.39 is 0 Å². The number of aryl methyl sites for hydroxylation is 1. The molecule has 5 heteroatoms. The Balaban J connectivity index is 1.99. The number of para-hydroxylation sites is 1. The van der Waals surface area contributed by atoms with Crippen LogP contribution in [0.5, 0.6) is 0 Å². The van der Waals surface area contributed by atoms with Gasteiger partial charge in [-0.2, -0.15) is 0 Å². The van der Waals surface area contributed by atoms with Crippen LogP contribution in [0, 0.1) is 10.5 Å². The van der Waals surface area contributed by atoms with Gasteiger partial charge in [-0.1, -0.05) is 35.1 Å². The maximum atomic E-state index is 5.96. The van der Waals surface area contributed by atoms with E-state index >= 15 is 0 Å². The minimum absolute atomic E-state index is 0.745. The van der Waals surface area contributed by atoms with E-state index in [4.69, 9.17) is 11.6 Å². The number of nitrogens with one attached hydrogen (secondary N) is 1. The Hall–Kier alpha value is -0.850. The van der Waals surface area contributed by atoms with E-state index in [9.17, 15) is 0 Å². The van der Waals surface area contributed by atoms with E-state index in [1.165, 1.54) is 10.3 Å². The number of fused-ring (bicyclic) bond motifs is 1. The highest BCUT2D eigenvalue weighted by Crippen LogP contribution is 2.32. The number of hydrogen-bond donors (Lipinski definition) is 1. The Morgan fingerprint density at radius 2 is 2.11 bits per heavy atom. The lowest BCUT2D eigenvalue weighted by Gasteiger charge is -2.05. The van der Waals surface area contributed by atoms with Gasteiger partial charge in [0.2, 0.25) is 0 Å². The normalized spacial score (nSPS) is 10.9. The molecule has 0 radical (unpaired) electrons. The van der Waals surface area contributed by atoms with Crippen molar-refractivity contribution < 1.29 is 0 Å². The van der Waals surface area contributed by atoms with Gasteiger partial charge in [-0.05, 0) is 59.3 Å². The number of benzene rings is 2. The molecule has 3 aromatic rings. The molecule has 2 nitrogen and oxygen atoms in total. The molecule has 2 aromatic carbocycles. The maximum absolute atomic E-state index is 5.96. The summed E-state index contributed by atoms with van der Waals surface area (Å²) >= 11 is 9.89. The molecule has 0 aliphatic carbocycles. The summed E-state index contributed by atoms with van der Waals surface area (Å²) in [6.45, 7) is 2.08. The molecular formula is C14H10ClIN2S. The van der Waals surface area contributed by atoms with Crippen LogP contribution >= 0.6 is 45.5 Å². The van der Waals surface area contributed by atoms with Crippen LogP contribution in [0.3, 0.4) is 0 Å². The van der Waals surface area contributed by atoms with Crippen LogP contribution in [-0.2, 0) is 0 Å². The maximum Gasteiger partial charge on any atom is 0.188 e. The number of rotatable bonds is 2. The zero-order valence-corrected chi connectivity index (χ0v) is 13.8. The molecule has 0 amide bonds. The first-order valence-electron chi connectivity index (χ1n) is 5.72. The van der Waals surface area contributed by atoms with Crippen molar-refractivity contribution >= 4 is 66.6 Å². The summed E-state index contributed by atoms with van der Waals surface area (Å²) in [7, 11) is 0. The van der Waals surface area contributed by atoms with Crippen LogP contribution in [0.1, 0.15) is 5.56 Å². The average Bonchev–Trinajstić information content (AvgIpc) is 2.77. The minimum Gasteiger partial charge on any atom is -0.331 e. The molecule has 3 rings (SSSR count). The molecule has 0 fully saturated rings. The van der Waals surface area contributed by atoms with Crippen molar-refractivity contribution in [2.75, 3.05) is 5.32 Å². The van der Waals surface area contributed by atoms with Gasteiger partial charge in [0.05, 0.1) is 15.9 Å². The largest absolute Gasteiger partial charge is 0.331 e. The lowest BCUT2D eigenvalue weighted by Crippen LogP contribution is -1.92. The van der Waals surface area contributed by atoms with E-state index in [1.807, 2.05) is 18.2 Å². The molecule has 1 N–H and O–H groups in total. The highest BCUT2D eigenvalue weighted by atomic mass is 127. The highest BCUT2D eigenvalue weighted by molar-refractivity contribution is 14.1. The third kappa shape index (κ3) is 2.70. The molecule has 96 valence electrons. The van der Waals surface area contributed by atoms with E-state index in [2.05, 4.69) is 58.0 Å². The van der Waals surface area contributed by atoms with Gasteiger partial charge < -0.3 is 5.32 Å². The predicted octanol–water partition coefficient (Wildman–Crippen LogP) is 5.61. The first kappa shape index (κ1) is 13.1. The van der Waals surface area contributed by atoms with Crippen LogP contribution in [0.2, 0.25) is 5.02 Å². The molecule has 0 bridgehead atoms. The lowest BCUT2D eigenvalue weighted by atomic mass is 10.2. The second kappa shape index (κ2) is 5.26. The van der Waals surface area contributed by atoms with Gasteiger partial charge in [0, 0.05) is 8.59 Å². The molecule has 0 aliphatic rings. The number of hydrogen-bond acceptors (Lipinski definition) is 3. The predicted molar refractivity (Wildman–Crippen MR) is 91.8 cm³/mol. The van der Waals surface area contributed by atoms with E-state index in [0.29, 0.717) is 0 Å². The quantitative estimate of drug-likeness (QED) is 0.566. The second-order valence-electron chi connectivity index (χ2n) is 4.19. The third-order valence-electron chi connectivity index (χ3n) is 2.79. The van der Waals surface area contributed by atoms with E-state index in [0.717, 1.165) is 24.9 Å². The summed E-state index contributed by atoms with van der Waals surface area (Å²) in [6, 6.07) is 12.0. The number of thiazole rings is 1. The number of nitrogens with zero attached hydrogens (tertiary/aromatic N) is 1. The number of halogens is 2. The molecule has 0 saturated carbocycles. The third-order valence-corrected chi connectivity index (χ3v) is 4.86. The Morgan fingerprint density at radius 3 is 2.84 bits per heavy atom. The lowest BCUT2D eigenvalue weighted by molar-refractivity contribution is 1.40. The average molecular weight is 401 g/mol. The molecule has 1 aromatic heterocycles. The van der Waals surface area contributed by atoms with Gasteiger partial charge in [-0.25, -0.2) is 4.98 Å². The Labute approximate surface area is 134 Å². The van der Waals surface area contributed by atoms with Crippen molar-refractivity contribution in [3.05, 3.63) is 50.6 Å². The van der Waals surface area contributed by atoms with Crippen LogP contribution in [0.4, 0.5) is 10.8 Å². The standard InChI is InChI=1S/C14H10ClIN2S/c1-8-3-2-4-12-13(8)18-14(19-12)17-11-6-5-9(15)7-10(11)16/h2-7H,1H3,(H,17,18). The zero-order valence-electron chi connectivity index (χ0n) is 10.1. The summed E-state index contributed by atoms with van der Waals surface area (Å²) in [4.78, 5) is 4.64. The van der Waals surface area contributed by atoms with Crippen LogP contribution in [0.15, 0.2) is 36.4 Å². The van der Waals surface area contributed by atoms with Gasteiger partial charge in [0.15, 0.2) is 5.13 Å². The molecule has 0 aliphatic heterocycles. The number of anilines is 2. The fraction of sp³-hybridized carbons (Fsp3) is 0.0714. The Morgan fingerprint density at radius 1 is 1.26 bits per heavy atom. The van der Waals surface area contributed by atoms with Gasteiger partial charge in [0.1, 0.15) is 0 Å². The fourth-order valence-corrected chi connectivity index (χ4v) is 3.81. The highest BCUT2D eigenvalue weighted by Gasteiger charge is 2.07. The van der Waals surface area contributed by atoms with Gasteiger partial charge in [-0.15, -0.1) is 0 Å². The molecule has 0 atom stereocenters. The first-order valence-corrected chi connectivity index (χ1v) is 7.99. The zero-order chi connectivity index (χ0) is 13.4. The summed E-state index contributed by atoms with van der Waals surface area (Å²) < 4.78 is 2.28. The van der Waals surface area contributed by atoms with Gasteiger partial charge in [-0.3, -0.25) is 0 Å².